The largest absolute Gasteiger partial charge is 0.378 e. The van der Waals surface area contributed by atoms with Gasteiger partial charge in [0, 0.05) is 45.3 Å². The lowest BCUT2D eigenvalue weighted by molar-refractivity contribution is 0.0740. The van der Waals surface area contributed by atoms with Crippen molar-refractivity contribution >= 4 is 17.5 Å². The number of rotatable bonds is 3. The number of carbonyl (C=O) groups is 1. The van der Waals surface area contributed by atoms with E-state index in [-0.39, 0.29) is 0 Å². The molecule has 29 heavy (non-hydrogen) atoms. The smallest absolute Gasteiger partial charge is 0.257 e. The average Bonchev–Trinajstić information content (AvgIpc) is 2.78. The average molecular weight is 407 g/mol. The summed E-state index contributed by atoms with van der Waals surface area (Å²) in [6, 6.07) is 3.63. The van der Waals surface area contributed by atoms with E-state index in [9.17, 15) is 18.0 Å². The first-order valence-corrected chi connectivity index (χ1v) is 9.37. The van der Waals surface area contributed by atoms with Gasteiger partial charge in [0.1, 0.15) is 18.0 Å². The first kappa shape index (κ1) is 19.4. The Bertz CT molecular complexity index is 899. The van der Waals surface area contributed by atoms with Crippen molar-refractivity contribution in [3.05, 3.63) is 47.5 Å². The topological polar surface area (TPSA) is 61.8 Å². The van der Waals surface area contributed by atoms with Crippen LogP contribution >= 0.6 is 0 Å². The molecule has 2 aromatic rings. The normalized spacial score (nSPS) is 17.6. The van der Waals surface area contributed by atoms with Crippen molar-refractivity contribution in [2.75, 3.05) is 62.3 Å². The highest BCUT2D eigenvalue weighted by atomic mass is 19.2. The van der Waals surface area contributed by atoms with Crippen LogP contribution in [-0.4, -0.2) is 73.3 Å². The molecule has 154 valence electrons. The number of ether oxygens (including phenoxy) is 1. The number of morpholine rings is 1. The van der Waals surface area contributed by atoms with Gasteiger partial charge in [-0.15, -0.1) is 0 Å². The second-order valence-electron chi connectivity index (χ2n) is 6.84. The lowest BCUT2D eigenvalue weighted by atomic mass is 10.1. The Labute approximate surface area is 165 Å². The van der Waals surface area contributed by atoms with E-state index in [0.29, 0.717) is 39.4 Å². The minimum Gasteiger partial charge on any atom is -0.378 e. The summed E-state index contributed by atoms with van der Waals surface area (Å²) in [6.45, 7) is 4.42. The zero-order valence-electron chi connectivity index (χ0n) is 15.7. The van der Waals surface area contributed by atoms with Crippen LogP contribution in [0.1, 0.15) is 10.4 Å². The van der Waals surface area contributed by atoms with Gasteiger partial charge >= 0.3 is 0 Å². The molecule has 7 nitrogen and oxygen atoms in total. The van der Waals surface area contributed by atoms with E-state index in [1.165, 1.54) is 11.2 Å². The summed E-state index contributed by atoms with van der Waals surface area (Å²) in [5.74, 6) is -3.50. The number of hydrogen-bond acceptors (Lipinski definition) is 6. The molecule has 0 radical (unpaired) electrons. The summed E-state index contributed by atoms with van der Waals surface area (Å²) < 4.78 is 45.8. The number of nitrogens with zero attached hydrogens (tertiary/aromatic N) is 5. The van der Waals surface area contributed by atoms with Crippen LogP contribution in [0.4, 0.5) is 24.8 Å². The van der Waals surface area contributed by atoms with Crippen molar-refractivity contribution in [2.24, 2.45) is 0 Å². The fourth-order valence-electron chi connectivity index (χ4n) is 3.48. The Morgan fingerprint density at radius 3 is 2.14 bits per heavy atom. The zero-order valence-corrected chi connectivity index (χ0v) is 15.7. The van der Waals surface area contributed by atoms with Crippen LogP contribution in [0.5, 0.6) is 0 Å². The third-order valence-corrected chi connectivity index (χ3v) is 5.13. The molecule has 0 unspecified atom stereocenters. The SMILES string of the molecule is O=C(c1ccc(F)c(F)c1F)N1CCN(c2cc(N3CCOCC3)ncn2)CC1. The van der Waals surface area contributed by atoms with Gasteiger partial charge in [0.05, 0.1) is 18.8 Å². The molecule has 4 rings (SSSR count). The molecular weight excluding hydrogens is 387 g/mol. The molecule has 2 fully saturated rings. The first-order chi connectivity index (χ1) is 14.0. The number of piperazine rings is 1. The molecule has 1 amide bonds. The second kappa shape index (κ2) is 8.24. The third kappa shape index (κ3) is 3.98. The van der Waals surface area contributed by atoms with E-state index >= 15 is 0 Å². The molecule has 2 aliphatic heterocycles. The Balaban J connectivity index is 1.42. The maximum atomic E-state index is 13.9. The van der Waals surface area contributed by atoms with Crippen molar-refractivity contribution in [2.45, 2.75) is 0 Å². The van der Waals surface area contributed by atoms with Gasteiger partial charge < -0.3 is 19.4 Å². The molecule has 0 bridgehead atoms. The summed E-state index contributed by atoms with van der Waals surface area (Å²) in [4.78, 5) is 26.7. The highest BCUT2D eigenvalue weighted by Gasteiger charge is 2.27. The van der Waals surface area contributed by atoms with Gasteiger partial charge in [-0.2, -0.15) is 0 Å². The summed E-state index contributed by atoms with van der Waals surface area (Å²) in [6.07, 6.45) is 1.51. The number of aromatic nitrogens is 2. The van der Waals surface area contributed by atoms with Gasteiger partial charge in [-0.25, -0.2) is 23.1 Å². The maximum absolute atomic E-state index is 13.9. The van der Waals surface area contributed by atoms with Crippen LogP contribution in [0.3, 0.4) is 0 Å². The Kier molecular flexibility index (Phi) is 5.52. The van der Waals surface area contributed by atoms with Crippen LogP contribution < -0.4 is 9.80 Å². The molecule has 10 heteroatoms. The van der Waals surface area contributed by atoms with E-state index in [1.54, 1.807) is 0 Å². The summed E-state index contributed by atoms with van der Waals surface area (Å²) in [5, 5.41) is 0. The summed E-state index contributed by atoms with van der Waals surface area (Å²) in [5.41, 5.74) is -0.464. The minimum absolute atomic E-state index is 0.314. The summed E-state index contributed by atoms with van der Waals surface area (Å²) >= 11 is 0. The Morgan fingerprint density at radius 2 is 1.48 bits per heavy atom. The third-order valence-electron chi connectivity index (χ3n) is 5.13. The first-order valence-electron chi connectivity index (χ1n) is 9.37. The van der Waals surface area contributed by atoms with Crippen molar-refractivity contribution in [1.29, 1.82) is 0 Å². The van der Waals surface area contributed by atoms with Gasteiger partial charge in [0.2, 0.25) is 0 Å². The van der Waals surface area contributed by atoms with E-state index in [0.717, 1.165) is 36.9 Å². The monoisotopic (exact) mass is 407 g/mol. The van der Waals surface area contributed by atoms with Crippen molar-refractivity contribution < 1.29 is 22.7 Å². The lowest BCUT2D eigenvalue weighted by Crippen LogP contribution is -2.49. The molecule has 0 saturated carbocycles. The quantitative estimate of drug-likeness (QED) is 0.722. The molecule has 0 atom stereocenters. The highest BCUT2D eigenvalue weighted by Crippen LogP contribution is 2.22. The summed E-state index contributed by atoms with van der Waals surface area (Å²) in [7, 11) is 0. The molecule has 0 aliphatic carbocycles. The molecule has 1 aromatic carbocycles. The van der Waals surface area contributed by atoms with Crippen LogP contribution in [-0.2, 0) is 4.74 Å². The standard InChI is InChI=1S/C19H20F3N5O2/c20-14-2-1-13(17(21)18(14)22)19(28)27-5-3-25(4-6-27)15-11-16(24-12-23-15)26-7-9-29-10-8-26/h1-2,11-12H,3-10H2. The van der Waals surface area contributed by atoms with Crippen molar-refractivity contribution in [1.82, 2.24) is 14.9 Å². The van der Waals surface area contributed by atoms with Crippen LogP contribution in [0.15, 0.2) is 24.5 Å². The number of benzene rings is 1. The molecule has 1 aromatic heterocycles. The Morgan fingerprint density at radius 1 is 0.862 bits per heavy atom. The zero-order chi connectivity index (χ0) is 20.4. The van der Waals surface area contributed by atoms with Crippen LogP contribution in [0, 0.1) is 17.5 Å². The van der Waals surface area contributed by atoms with E-state index in [2.05, 4.69) is 14.9 Å². The fraction of sp³-hybridized carbons (Fsp3) is 0.421. The van der Waals surface area contributed by atoms with Gasteiger partial charge in [0.15, 0.2) is 17.5 Å². The van der Waals surface area contributed by atoms with Crippen molar-refractivity contribution in [3.63, 3.8) is 0 Å². The lowest BCUT2D eigenvalue weighted by Gasteiger charge is -2.36. The number of carbonyl (C=O) groups excluding carboxylic acids is 1. The van der Waals surface area contributed by atoms with Crippen LogP contribution in [0.25, 0.3) is 0 Å². The molecule has 0 spiro atoms. The Hall–Kier alpha value is -2.88. The second-order valence-corrected chi connectivity index (χ2v) is 6.84. The van der Waals surface area contributed by atoms with E-state index < -0.39 is 28.9 Å². The molecule has 0 N–H and O–H groups in total. The van der Waals surface area contributed by atoms with Crippen molar-refractivity contribution in [3.8, 4) is 0 Å². The predicted octanol–water partition coefficient (Wildman–Crippen LogP) is 1.69. The predicted molar refractivity (Wildman–Crippen MR) is 99.5 cm³/mol. The number of amides is 1. The maximum Gasteiger partial charge on any atom is 0.257 e. The van der Waals surface area contributed by atoms with Gasteiger partial charge in [-0.3, -0.25) is 4.79 Å². The molecule has 2 aliphatic rings. The van der Waals surface area contributed by atoms with Gasteiger partial charge in [-0.05, 0) is 12.1 Å². The van der Waals surface area contributed by atoms with Crippen LogP contribution in [0.2, 0.25) is 0 Å². The van der Waals surface area contributed by atoms with Gasteiger partial charge in [-0.1, -0.05) is 0 Å². The number of halogens is 3. The molecule has 2 saturated heterocycles. The molecular formula is C19H20F3N5O2. The van der Waals surface area contributed by atoms with Gasteiger partial charge in [0.25, 0.3) is 5.91 Å². The number of anilines is 2. The molecule has 3 heterocycles. The number of hydrogen-bond donors (Lipinski definition) is 0. The highest BCUT2D eigenvalue weighted by molar-refractivity contribution is 5.94. The minimum atomic E-state index is -1.63. The fourth-order valence-corrected chi connectivity index (χ4v) is 3.48. The van der Waals surface area contributed by atoms with E-state index in [4.69, 9.17) is 4.74 Å². The van der Waals surface area contributed by atoms with E-state index in [1.807, 2.05) is 11.0 Å².